The number of aromatic nitrogens is 2. The van der Waals surface area contributed by atoms with Crippen LogP contribution in [0.15, 0.2) is 44.7 Å². The second kappa shape index (κ2) is 7.22. The van der Waals surface area contributed by atoms with Gasteiger partial charge in [-0.15, -0.1) is 0 Å². The number of benzene rings is 1. The van der Waals surface area contributed by atoms with E-state index >= 15 is 0 Å². The maximum atomic E-state index is 13.0. The van der Waals surface area contributed by atoms with Crippen molar-refractivity contribution in [2.75, 3.05) is 19.8 Å². The van der Waals surface area contributed by atoms with Crippen molar-refractivity contribution in [1.29, 1.82) is 0 Å². The summed E-state index contributed by atoms with van der Waals surface area (Å²) in [4.78, 5) is 30.4. The zero-order valence-electron chi connectivity index (χ0n) is 15.1. The molecule has 4 rings (SSSR count). The molecule has 2 aliphatic rings. The van der Waals surface area contributed by atoms with E-state index in [-0.39, 0.29) is 29.5 Å². The van der Waals surface area contributed by atoms with Crippen LogP contribution in [0.1, 0.15) is 29.8 Å². The van der Waals surface area contributed by atoms with E-state index in [1.54, 1.807) is 0 Å². The number of amides is 1. The lowest BCUT2D eigenvalue weighted by molar-refractivity contribution is -0.137. The SMILES string of the molecule is O=C(N1CCCC1)n1c(C2=CC(c3cccc(C(F)(F)F)c3)=NCN2)noc1=O. The van der Waals surface area contributed by atoms with Crippen LogP contribution in [0.4, 0.5) is 18.0 Å². The Labute approximate surface area is 162 Å². The molecule has 0 saturated carbocycles. The van der Waals surface area contributed by atoms with Gasteiger partial charge in [-0.05, 0) is 31.1 Å². The Morgan fingerprint density at radius 2 is 1.97 bits per heavy atom. The molecule has 0 unspecified atom stereocenters. The summed E-state index contributed by atoms with van der Waals surface area (Å²) in [6.07, 6.45) is -1.36. The van der Waals surface area contributed by atoms with Crippen LogP contribution in [-0.2, 0) is 6.18 Å². The summed E-state index contributed by atoms with van der Waals surface area (Å²) in [5.74, 6) is -0.978. The number of nitrogens with zero attached hydrogens (tertiary/aromatic N) is 4. The third kappa shape index (κ3) is 3.67. The number of hydrogen-bond donors (Lipinski definition) is 1. The van der Waals surface area contributed by atoms with Crippen LogP contribution in [0.5, 0.6) is 0 Å². The Bertz CT molecular complexity index is 1060. The van der Waals surface area contributed by atoms with E-state index in [9.17, 15) is 22.8 Å². The molecule has 0 radical (unpaired) electrons. The summed E-state index contributed by atoms with van der Waals surface area (Å²) >= 11 is 0. The van der Waals surface area contributed by atoms with Crippen LogP contribution in [-0.4, -0.2) is 46.1 Å². The molecule has 8 nitrogen and oxygen atoms in total. The largest absolute Gasteiger partial charge is 0.450 e. The summed E-state index contributed by atoms with van der Waals surface area (Å²) in [7, 11) is 0. The van der Waals surface area contributed by atoms with E-state index < -0.39 is 23.5 Å². The van der Waals surface area contributed by atoms with E-state index in [4.69, 9.17) is 0 Å². The Morgan fingerprint density at radius 3 is 2.69 bits per heavy atom. The van der Waals surface area contributed by atoms with Gasteiger partial charge in [0.25, 0.3) is 0 Å². The molecular weight excluding hydrogens is 391 g/mol. The molecule has 0 aliphatic carbocycles. The molecule has 1 N–H and O–H groups in total. The first-order chi connectivity index (χ1) is 13.8. The number of alkyl halides is 3. The molecule has 2 aromatic rings. The monoisotopic (exact) mass is 407 g/mol. The first kappa shape index (κ1) is 19.0. The lowest BCUT2D eigenvalue weighted by atomic mass is 10.0. The lowest BCUT2D eigenvalue weighted by Crippen LogP contribution is -2.38. The molecule has 3 heterocycles. The predicted octanol–water partition coefficient (Wildman–Crippen LogP) is 2.31. The van der Waals surface area contributed by atoms with Crippen LogP contribution in [0, 0.1) is 0 Å². The van der Waals surface area contributed by atoms with Gasteiger partial charge in [-0.25, -0.2) is 9.59 Å². The minimum absolute atomic E-state index is 0.0381. The zero-order valence-corrected chi connectivity index (χ0v) is 15.1. The van der Waals surface area contributed by atoms with E-state index in [0.717, 1.165) is 29.5 Å². The van der Waals surface area contributed by atoms with E-state index in [0.29, 0.717) is 13.1 Å². The third-order valence-corrected chi connectivity index (χ3v) is 4.70. The summed E-state index contributed by atoms with van der Waals surface area (Å²) in [6.45, 7) is 1.09. The second-order valence-corrected chi connectivity index (χ2v) is 6.60. The van der Waals surface area contributed by atoms with Gasteiger partial charge in [0.15, 0.2) is 0 Å². The highest BCUT2D eigenvalue weighted by atomic mass is 19.4. The quantitative estimate of drug-likeness (QED) is 0.825. The van der Waals surface area contributed by atoms with Gasteiger partial charge in [-0.2, -0.15) is 17.7 Å². The highest BCUT2D eigenvalue weighted by Gasteiger charge is 2.31. The van der Waals surface area contributed by atoms with Crippen LogP contribution in [0.3, 0.4) is 0 Å². The maximum absolute atomic E-state index is 13.0. The first-order valence-corrected chi connectivity index (χ1v) is 8.90. The van der Waals surface area contributed by atoms with Gasteiger partial charge < -0.3 is 10.2 Å². The highest BCUT2D eigenvalue weighted by molar-refractivity contribution is 6.12. The Balaban J connectivity index is 1.69. The molecule has 1 aromatic carbocycles. The number of likely N-dealkylation sites (tertiary alicyclic amines) is 1. The molecular formula is C18H16F3N5O3. The molecule has 11 heteroatoms. The van der Waals surface area contributed by atoms with Gasteiger partial charge in [0.1, 0.15) is 6.67 Å². The number of allylic oxidation sites excluding steroid dienone is 1. The van der Waals surface area contributed by atoms with Crippen molar-refractivity contribution in [3.8, 4) is 0 Å². The zero-order chi connectivity index (χ0) is 20.6. The predicted molar refractivity (Wildman–Crippen MR) is 96.3 cm³/mol. The normalized spacial score (nSPS) is 17.0. The Kier molecular flexibility index (Phi) is 4.73. The molecule has 1 fully saturated rings. The molecule has 1 saturated heterocycles. The van der Waals surface area contributed by atoms with E-state index in [1.807, 2.05) is 0 Å². The maximum Gasteiger partial charge on any atom is 0.450 e. The molecule has 1 aromatic heterocycles. The number of carbonyl (C=O) groups is 1. The van der Waals surface area contributed by atoms with Gasteiger partial charge in [-0.3, -0.25) is 9.52 Å². The van der Waals surface area contributed by atoms with Crippen LogP contribution < -0.4 is 11.1 Å². The number of halogens is 3. The Hall–Kier alpha value is -3.37. The van der Waals surface area contributed by atoms with Crippen LogP contribution in [0.25, 0.3) is 5.70 Å². The number of carbonyl (C=O) groups excluding carboxylic acids is 1. The molecule has 29 heavy (non-hydrogen) atoms. The highest BCUT2D eigenvalue weighted by Crippen LogP contribution is 2.30. The van der Waals surface area contributed by atoms with Crippen molar-refractivity contribution < 1.29 is 22.5 Å². The van der Waals surface area contributed by atoms with Crippen molar-refractivity contribution in [2.24, 2.45) is 4.99 Å². The second-order valence-electron chi connectivity index (χ2n) is 6.60. The minimum Gasteiger partial charge on any atom is -0.363 e. The van der Waals surface area contributed by atoms with Gasteiger partial charge in [0, 0.05) is 18.7 Å². The van der Waals surface area contributed by atoms with Gasteiger partial charge in [-0.1, -0.05) is 17.3 Å². The summed E-state index contributed by atoms with van der Waals surface area (Å²) in [5, 5.41) is 6.56. The summed E-state index contributed by atoms with van der Waals surface area (Å²) in [6, 6.07) is 4.20. The van der Waals surface area contributed by atoms with Crippen molar-refractivity contribution in [3.63, 3.8) is 0 Å². The van der Waals surface area contributed by atoms with Crippen molar-refractivity contribution in [2.45, 2.75) is 19.0 Å². The average molecular weight is 407 g/mol. The van der Waals surface area contributed by atoms with Gasteiger partial charge in [0.05, 0.1) is 17.0 Å². The molecule has 0 spiro atoms. The van der Waals surface area contributed by atoms with Gasteiger partial charge >= 0.3 is 18.0 Å². The van der Waals surface area contributed by atoms with E-state index in [1.165, 1.54) is 23.1 Å². The van der Waals surface area contributed by atoms with E-state index in [2.05, 4.69) is 20.0 Å². The standard InChI is InChI=1S/C18H16F3N5O3/c19-18(20,21)12-5-3-4-11(8-12)13-9-14(23-10-22-13)15-24-29-17(28)26(15)16(27)25-6-1-2-7-25/h3-5,8-9,23H,1-2,6-7,10H2. The topological polar surface area (TPSA) is 92.7 Å². The van der Waals surface area contributed by atoms with Gasteiger partial charge in [0.2, 0.25) is 5.82 Å². The minimum atomic E-state index is -4.48. The molecule has 0 bridgehead atoms. The van der Waals surface area contributed by atoms with Crippen LogP contribution >= 0.6 is 0 Å². The Morgan fingerprint density at radius 1 is 1.21 bits per heavy atom. The van der Waals surface area contributed by atoms with Crippen molar-refractivity contribution in [3.05, 3.63) is 57.8 Å². The molecule has 1 amide bonds. The summed E-state index contributed by atoms with van der Waals surface area (Å²) in [5.41, 5.74) is -0.0258. The third-order valence-electron chi connectivity index (χ3n) is 4.70. The molecule has 2 aliphatic heterocycles. The average Bonchev–Trinajstić information content (AvgIpc) is 3.37. The molecule has 152 valence electrons. The number of hydrogen-bond acceptors (Lipinski definition) is 6. The number of rotatable bonds is 2. The smallest absolute Gasteiger partial charge is 0.363 e. The summed E-state index contributed by atoms with van der Waals surface area (Å²) < 4.78 is 44.5. The molecule has 0 atom stereocenters. The number of nitrogens with one attached hydrogen (secondary N) is 1. The van der Waals surface area contributed by atoms with Crippen molar-refractivity contribution in [1.82, 2.24) is 19.9 Å². The fourth-order valence-electron chi connectivity index (χ4n) is 3.25. The fourth-order valence-corrected chi connectivity index (χ4v) is 3.25. The first-order valence-electron chi connectivity index (χ1n) is 8.90. The lowest BCUT2D eigenvalue weighted by Gasteiger charge is -2.18. The number of aliphatic imine (C=N–C) groups is 1. The van der Waals surface area contributed by atoms with Crippen LogP contribution in [0.2, 0.25) is 0 Å². The fraction of sp³-hybridized carbons (Fsp3) is 0.333. The van der Waals surface area contributed by atoms with Crippen molar-refractivity contribution >= 4 is 17.4 Å².